The molecule has 2 aliphatic rings. The quantitative estimate of drug-likeness (QED) is 0.663. The molecule has 2 rings (SSSR count). The molecule has 106 valence electrons. The van der Waals surface area contributed by atoms with Crippen molar-refractivity contribution in [1.82, 2.24) is 10.2 Å². The number of nitrogens with zero attached hydrogens (tertiary/aromatic N) is 1. The maximum atomic E-state index is 5.59. The lowest BCUT2D eigenvalue weighted by atomic mass is 9.97. The van der Waals surface area contributed by atoms with Crippen LogP contribution in [0.3, 0.4) is 0 Å². The summed E-state index contributed by atoms with van der Waals surface area (Å²) in [4.78, 5) is 2.68. The highest BCUT2D eigenvalue weighted by Crippen LogP contribution is 2.35. The maximum Gasteiger partial charge on any atom is 0.0700 e. The highest BCUT2D eigenvalue weighted by Gasteiger charge is 2.39. The molecular formula is C14H28N2O2. The molecule has 18 heavy (non-hydrogen) atoms. The smallest absolute Gasteiger partial charge is 0.0700 e. The molecule has 2 bridgehead atoms. The van der Waals surface area contributed by atoms with Gasteiger partial charge in [-0.1, -0.05) is 6.92 Å². The minimum Gasteiger partial charge on any atom is -0.382 e. The second-order valence-corrected chi connectivity index (χ2v) is 5.45. The zero-order chi connectivity index (χ0) is 12.8. The first-order valence-electron chi connectivity index (χ1n) is 7.41. The van der Waals surface area contributed by atoms with Crippen LogP contribution in [0.5, 0.6) is 0 Å². The lowest BCUT2D eigenvalue weighted by Gasteiger charge is -2.39. The first-order chi connectivity index (χ1) is 8.85. The van der Waals surface area contributed by atoms with Gasteiger partial charge in [-0.3, -0.25) is 4.90 Å². The summed E-state index contributed by atoms with van der Waals surface area (Å²) >= 11 is 0. The van der Waals surface area contributed by atoms with E-state index in [4.69, 9.17) is 9.47 Å². The van der Waals surface area contributed by atoms with Crippen molar-refractivity contribution in [2.45, 2.75) is 50.7 Å². The summed E-state index contributed by atoms with van der Waals surface area (Å²) in [5, 5.41) is 3.62. The number of nitrogens with one attached hydrogen (secondary N) is 1. The Morgan fingerprint density at radius 3 is 2.44 bits per heavy atom. The molecular weight excluding hydrogens is 228 g/mol. The Hall–Kier alpha value is -0.160. The highest BCUT2D eigenvalue weighted by atomic mass is 16.5. The minimum atomic E-state index is 0.704. The van der Waals surface area contributed by atoms with E-state index in [9.17, 15) is 0 Å². The van der Waals surface area contributed by atoms with Crippen LogP contribution in [-0.4, -0.2) is 63.0 Å². The van der Waals surface area contributed by atoms with E-state index in [1.807, 2.05) is 0 Å². The Morgan fingerprint density at radius 2 is 1.83 bits per heavy atom. The summed E-state index contributed by atoms with van der Waals surface area (Å²) in [5.74, 6) is 0. The molecule has 2 heterocycles. The molecule has 4 nitrogen and oxygen atoms in total. The number of hydrogen-bond donors (Lipinski definition) is 1. The number of rotatable bonds is 8. The number of piperidine rings is 1. The number of fused-ring (bicyclic) bond motifs is 2. The third-order valence-corrected chi connectivity index (χ3v) is 4.30. The van der Waals surface area contributed by atoms with Crippen LogP contribution in [0.4, 0.5) is 0 Å². The van der Waals surface area contributed by atoms with E-state index in [2.05, 4.69) is 17.1 Å². The molecule has 0 amide bonds. The standard InChI is InChI=1S/C14H28N2O2/c1-3-15-12-10-13-4-5-14(11-12)16(13)6-7-18-9-8-17-2/h12-15H,3-11H2,1-2H3. The Labute approximate surface area is 111 Å². The molecule has 0 aromatic heterocycles. The molecule has 1 N–H and O–H groups in total. The van der Waals surface area contributed by atoms with Crippen LogP contribution in [0, 0.1) is 0 Å². The summed E-state index contributed by atoms with van der Waals surface area (Å²) in [7, 11) is 1.72. The predicted molar refractivity (Wildman–Crippen MR) is 72.9 cm³/mol. The number of ether oxygens (including phenoxy) is 2. The van der Waals surface area contributed by atoms with Crippen LogP contribution in [0.15, 0.2) is 0 Å². The fourth-order valence-electron chi connectivity index (χ4n) is 3.51. The molecule has 0 radical (unpaired) electrons. The molecule has 4 heteroatoms. The second-order valence-electron chi connectivity index (χ2n) is 5.45. The number of hydrogen-bond acceptors (Lipinski definition) is 4. The monoisotopic (exact) mass is 256 g/mol. The zero-order valence-electron chi connectivity index (χ0n) is 11.9. The largest absolute Gasteiger partial charge is 0.382 e. The van der Waals surface area contributed by atoms with E-state index in [0.29, 0.717) is 6.61 Å². The van der Waals surface area contributed by atoms with E-state index in [-0.39, 0.29) is 0 Å². The molecule has 0 aliphatic carbocycles. The maximum absolute atomic E-state index is 5.59. The van der Waals surface area contributed by atoms with Crippen molar-refractivity contribution in [3.8, 4) is 0 Å². The molecule has 2 fully saturated rings. The van der Waals surface area contributed by atoms with Crippen LogP contribution >= 0.6 is 0 Å². The second kappa shape index (κ2) is 7.43. The summed E-state index contributed by atoms with van der Waals surface area (Å²) < 4.78 is 10.6. The molecule has 0 aromatic carbocycles. The lowest BCUT2D eigenvalue weighted by molar-refractivity contribution is 0.0357. The first-order valence-corrected chi connectivity index (χ1v) is 7.41. The summed E-state index contributed by atoms with van der Waals surface area (Å²) in [5.41, 5.74) is 0. The van der Waals surface area contributed by atoms with Gasteiger partial charge in [-0.15, -0.1) is 0 Å². The fraction of sp³-hybridized carbons (Fsp3) is 1.00. The molecule has 0 saturated carbocycles. The molecule has 2 atom stereocenters. The van der Waals surface area contributed by atoms with Crippen LogP contribution in [0.2, 0.25) is 0 Å². The van der Waals surface area contributed by atoms with E-state index in [1.165, 1.54) is 25.7 Å². The average Bonchev–Trinajstić information content (AvgIpc) is 2.60. The van der Waals surface area contributed by atoms with E-state index in [1.54, 1.807) is 7.11 Å². The van der Waals surface area contributed by atoms with Crippen LogP contribution in [0.1, 0.15) is 32.6 Å². The minimum absolute atomic E-state index is 0.704. The molecule has 0 aromatic rings. The molecule has 2 unspecified atom stereocenters. The zero-order valence-corrected chi connectivity index (χ0v) is 11.9. The first kappa shape index (κ1) is 14.3. The van der Waals surface area contributed by atoms with Crippen LogP contribution in [0.25, 0.3) is 0 Å². The van der Waals surface area contributed by atoms with Crippen molar-refractivity contribution in [1.29, 1.82) is 0 Å². The Kier molecular flexibility index (Phi) is 5.89. The van der Waals surface area contributed by atoms with Crippen molar-refractivity contribution < 1.29 is 9.47 Å². The summed E-state index contributed by atoms with van der Waals surface area (Å²) in [6, 6.07) is 2.33. The third-order valence-electron chi connectivity index (χ3n) is 4.30. The van der Waals surface area contributed by atoms with Gasteiger partial charge in [0.15, 0.2) is 0 Å². The van der Waals surface area contributed by atoms with E-state index < -0.39 is 0 Å². The fourth-order valence-corrected chi connectivity index (χ4v) is 3.51. The predicted octanol–water partition coefficient (Wildman–Crippen LogP) is 1.25. The Morgan fingerprint density at radius 1 is 1.11 bits per heavy atom. The van der Waals surface area contributed by atoms with E-state index in [0.717, 1.165) is 44.4 Å². The molecule has 2 saturated heterocycles. The van der Waals surface area contributed by atoms with Crippen molar-refractivity contribution in [3.63, 3.8) is 0 Å². The van der Waals surface area contributed by atoms with Crippen LogP contribution in [-0.2, 0) is 9.47 Å². The average molecular weight is 256 g/mol. The topological polar surface area (TPSA) is 33.7 Å². The third kappa shape index (κ3) is 3.67. The van der Waals surface area contributed by atoms with Gasteiger partial charge in [0.25, 0.3) is 0 Å². The Bertz CT molecular complexity index is 224. The summed E-state index contributed by atoms with van der Waals surface area (Å²) in [6.45, 7) is 6.68. The van der Waals surface area contributed by atoms with Gasteiger partial charge in [0.05, 0.1) is 19.8 Å². The van der Waals surface area contributed by atoms with Gasteiger partial charge in [-0.25, -0.2) is 0 Å². The van der Waals surface area contributed by atoms with Crippen molar-refractivity contribution >= 4 is 0 Å². The highest BCUT2D eigenvalue weighted by molar-refractivity contribution is 4.97. The van der Waals surface area contributed by atoms with Gasteiger partial charge < -0.3 is 14.8 Å². The van der Waals surface area contributed by atoms with Crippen LogP contribution < -0.4 is 5.32 Å². The van der Waals surface area contributed by atoms with Gasteiger partial charge in [-0.2, -0.15) is 0 Å². The van der Waals surface area contributed by atoms with Crippen molar-refractivity contribution in [2.75, 3.05) is 40.0 Å². The summed E-state index contributed by atoms with van der Waals surface area (Å²) in [6.07, 6.45) is 5.40. The Balaban J connectivity index is 1.68. The lowest BCUT2D eigenvalue weighted by Crippen LogP contribution is -2.50. The molecule has 2 aliphatic heterocycles. The van der Waals surface area contributed by atoms with Gasteiger partial charge >= 0.3 is 0 Å². The molecule has 0 spiro atoms. The number of methoxy groups -OCH3 is 1. The van der Waals surface area contributed by atoms with Gasteiger partial charge in [-0.05, 0) is 32.2 Å². The van der Waals surface area contributed by atoms with Crippen molar-refractivity contribution in [3.05, 3.63) is 0 Å². The van der Waals surface area contributed by atoms with Gasteiger partial charge in [0.1, 0.15) is 0 Å². The van der Waals surface area contributed by atoms with Gasteiger partial charge in [0, 0.05) is 31.8 Å². The normalized spacial score (nSPS) is 32.0. The van der Waals surface area contributed by atoms with Gasteiger partial charge in [0.2, 0.25) is 0 Å². The van der Waals surface area contributed by atoms with E-state index >= 15 is 0 Å². The van der Waals surface area contributed by atoms with Crippen molar-refractivity contribution in [2.24, 2.45) is 0 Å². The SMILES string of the molecule is CCNC1CC2CCC(C1)N2CCOCCOC.